The van der Waals surface area contributed by atoms with Crippen LogP contribution >= 0.6 is 15.9 Å². The van der Waals surface area contributed by atoms with Crippen molar-refractivity contribution in [2.24, 2.45) is 5.73 Å². The van der Waals surface area contributed by atoms with E-state index in [0.29, 0.717) is 4.90 Å². The van der Waals surface area contributed by atoms with Crippen molar-refractivity contribution in [2.45, 2.75) is 16.6 Å². The summed E-state index contributed by atoms with van der Waals surface area (Å²) in [6.45, 7) is 0.205. The maximum atomic E-state index is 12.0. The number of rotatable bonds is 5. The van der Waals surface area contributed by atoms with Crippen LogP contribution in [0.15, 0.2) is 33.6 Å². The summed E-state index contributed by atoms with van der Waals surface area (Å²) >= 11 is 3.25. The Labute approximate surface area is 104 Å². The Morgan fingerprint density at radius 3 is 2.75 bits per heavy atom. The SMILES string of the molecule is NCCC(C(=O)O)S(=O)c1cccc(Br)c1. The van der Waals surface area contributed by atoms with E-state index >= 15 is 0 Å². The van der Waals surface area contributed by atoms with Gasteiger partial charge in [0.2, 0.25) is 0 Å². The van der Waals surface area contributed by atoms with Crippen LogP contribution in [0.25, 0.3) is 0 Å². The van der Waals surface area contributed by atoms with Gasteiger partial charge in [-0.3, -0.25) is 9.00 Å². The monoisotopic (exact) mass is 305 g/mol. The molecule has 0 saturated carbocycles. The van der Waals surface area contributed by atoms with E-state index in [1.54, 1.807) is 24.3 Å². The summed E-state index contributed by atoms with van der Waals surface area (Å²) in [6.07, 6.45) is 0.203. The molecule has 0 heterocycles. The third kappa shape index (κ3) is 3.40. The molecule has 1 aromatic carbocycles. The van der Waals surface area contributed by atoms with E-state index in [0.717, 1.165) is 4.47 Å². The molecular weight excluding hydrogens is 294 g/mol. The first kappa shape index (κ1) is 13.3. The lowest BCUT2D eigenvalue weighted by Crippen LogP contribution is -2.28. The Balaban J connectivity index is 2.94. The number of hydrogen-bond acceptors (Lipinski definition) is 3. The fraction of sp³-hybridized carbons (Fsp3) is 0.300. The second-order valence-electron chi connectivity index (χ2n) is 3.16. The zero-order chi connectivity index (χ0) is 12.1. The lowest BCUT2D eigenvalue weighted by molar-refractivity contribution is -0.136. The molecule has 0 aromatic heterocycles. The van der Waals surface area contributed by atoms with Crippen LogP contribution in [0.3, 0.4) is 0 Å². The molecule has 1 aromatic rings. The number of carbonyl (C=O) groups is 1. The van der Waals surface area contributed by atoms with Crippen LogP contribution in [0, 0.1) is 0 Å². The Bertz CT molecular complexity index is 411. The van der Waals surface area contributed by atoms with Gasteiger partial charge in [0.1, 0.15) is 5.25 Å². The number of halogens is 1. The summed E-state index contributed by atoms with van der Waals surface area (Å²) in [5.41, 5.74) is 5.31. The number of carboxylic acids is 1. The molecule has 0 spiro atoms. The van der Waals surface area contributed by atoms with Gasteiger partial charge in [-0.15, -0.1) is 0 Å². The Hall–Kier alpha value is -0.720. The zero-order valence-electron chi connectivity index (χ0n) is 8.43. The van der Waals surface area contributed by atoms with Gasteiger partial charge in [0, 0.05) is 9.37 Å². The van der Waals surface area contributed by atoms with Gasteiger partial charge in [0.15, 0.2) is 0 Å². The van der Waals surface area contributed by atoms with Crippen molar-refractivity contribution in [1.82, 2.24) is 0 Å². The summed E-state index contributed by atoms with van der Waals surface area (Å²) < 4.78 is 12.8. The van der Waals surface area contributed by atoms with E-state index in [9.17, 15) is 9.00 Å². The highest BCUT2D eigenvalue weighted by Crippen LogP contribution is 2.18. The Morgan fingerprint density at radius 1 is 1.56 bits per heavy atom. The van der Waals surface area contributed by atoms with E-state index in [-0.39, 0.29) is 13.0 Å². The third-order valence-corrected chi connectivity index (χ3v) is 4.16. The Morgan fingerprint density at radius 2 is 2.25 bits per heavy atom. The van der Waals surface area contributed by atoms with Crippen LogP contribution in [0.4, 0.5) is 0 Å². The second kappa shape index (κ2) is 6.12. The van der Waals surface area contributed by atoms with Gasteiger partial charge < -0.3 is 10.8 Å². The maximum absolute atomic E-state index is 12.0. The summed E-state index contributed by atoms with van der Waals surface area (Å²) in [6, 6.07) is 6.81. The van der Waals surface area contributed by atoms with Crippen LogP contribution in [-0.2, 0) is 15.6 Å². The molecular formula is C10H12BrNO3S. The largest absolute Gasteiger partial charge is 0.480 e. The van der Waals surface area contributed by atoms with Crippen molar-refractivity contribution in [3.8, 4) is 0 Å². The quantitative estimate of drug-likeness (QED) is 0.861. The van der Waals surface area contributed by atoms with Crippen LogP contribution < -0.4 is 5.73 Å². The van der Waals surface area contributed by atoms with Crippen molar-refractivity contribution in [1.29, 1.82) is 0 Å². The van der Waals surface area contributed by atoms with Gasteiger partial charge in [-0.05, 0) is 31.2 Å². The second-order valence-corrected chi connectivity index (χ2v) is 5.71. The van der Waals surface area contributed by atoms with Crippen LogP contribution in [-0.4, -0.2) is 27.1 Å². The first-order valence-corrected chi connectivity index (χ1v) is 6.66. The lowest BCUT2D eigenvalue weighted by atomic mass is 10.3. The standard InChI is InChI=1S/C10H12BrNO3S/c11-7-2-1-3-8(6-7)16(15)9(4-5-12)10(13)14/h1-3,6,9H,4-5,12H2,(H,13,14). The van der Waals surface area contributed by atoms with Gasteiger partial charge in [0.05, 0.1) is 10.8 Å². The predicted octanol–water partition coefficient (Wildman–Crippen LogP) is 1.36. The molecule has 0 radical (unpaired) electrons. The van der Waals surface area contributed by atoms with Gasteiger partial charge in [-0.1, -0.05) is 22.0 Å². The van der Waals surface area contributed by atoms with Crippen LogP contribution in [0.1, 0.15) is 6.42 Å². The molecule has 4 nitrogen and oxygen atoms in total. The number of benzene rings is 1. The molecule has 0 bridgehead atoms. The van der Waals surface area contributed by atoms with Crippen molar-refractivity contribution >= 4 is 32.7 Å². The molecule has 0 aliphatic heterocycles. The van der Waals surface area contributed by atoms with Crippen molar-refractivity contribution in [3.63, 3.8) is 0 Å². The summed E-state index contributed by atoms with van der Waals surface area (Å²) in [7, 11) is -1.57. The predicted molar refractivity (Wildman–Crippen MR) is 65.6 cm³/mol. The molecule has 88 valence electrons. The molecule has 0 saturated heterocycles. The van der Waals surface area contributed by atoms with Gasteiger partial charge in [0.25, 0.3) is 0 Å². The molecule has 0 aliphatic rings. The minimum atomic E-state index is -1.57. The molecule has 2 atom stereocenters. The van der Waals surface area contributed by atoms with Crippen molar-refractivity contribution in [3.05, 3.63) is 28.7 Å². The fourth-order valence-electron chi connectivity index (χ4n) is 1.23. The van der Waals surface area contributed by atoms with Gasteiger partial charge in [-0.2, -0.15) is 0 Å². The van der Waals surface area contributed by atoms with E-state index in [2.05, 4.69) is 15.9 Å². The fourth-order valence-corrected chi connectivity index (χ4v) is 3.10. The molecule has 0 aliphatic carbocycles. The van der Waals surface area contributed by atoms with E-state index in [1.165, 1.54) is 0 Å². The summed E-state index contributed by atoms with van der Waals surface area (Å²) in [4.78, 5) is 11.4. The minimum absolute atomic E-state index is 0.203. The number of nitrogens with two attached hydrogens (primary N) is 1. The lowest BCUT2D eigenvalue weighted by Gasteiger charge is -2.11. The van der Waals surface area contributed by atoms with Crippen LogP contribution in [0.5, 0.6) is 0 Å². The normalized spacial score (nSPS) is 14.4. The molecule has 0 fully saturated rings. The highest BCUT2D eigenvalue weighted by molar-refractivity contribution is 9.10. The van der Waals surface area contributed by atoms with E-state index in [4.69, 9.17) is 10.8 Å². The Kier molecular flexibility index (Phi) is 5.11. The number of hydrogen-bond donors (Lipinski definition) is 2. The average Bonchev–Trinajstić information content (AvgIpc) is 2.24. The highest BCUT2D eigenvalue weighted by Gasteiger charge is 2.25. The number of aliphatic carboxylic acids is 1. The molecule has 2 unspecified atom stereocenters. The molecule has 3 N–H and O–H groups in total. The van der Waals surface area contributed by atoms with Gasteiger partial charge in [-0.25, -0.2) is 0 Å². The smallest absolute Gasteiger partial charge is 0.319 e. The van der Waals surface area contributed by atoms with E-state index in [1.807, 2.05) is 0 Å². The molecule has 1 rings (SSSR count). The summed E-state index contributed by atoms with van der Waals surface area (Å²) in [5, 5.41) is 8.00. The molecule has 0 amide bonds. The van der Waals surface area contributed by atoms with E-state index < -0.39 is 22.0 Å². The van der Waals surface area contributed by atoms with Crippen molar-refractivity contribution < 1.29 is 14.1 Å². The zero-order valence-corrected chi connectivity index (χ0v) is 10.8. The van der Waals surface area contributed by atoms with Gasteiger partial charge >= 0.3 is 5.97 Å². The minimum Gasteiger partial charge on any atom is -0.480 e. The average molecular weight is 306 g/mol. The third-order valence-electron chi connectivity index (χ3n) is 1.99. The first-order valence-electron chi connectivity index (χ1n) is 4.65. The summed E-state index contributed by atoms with van der Waals surface area (Å²) in [5.74, 6) is -1.08. The van der Waals surface area contributed by atoms with Crippen molar-refractivity contribution in [2.75, 3.05) is 6.54 Å². The first-order chi connectivity index (χ1) is 7.56. The molecule has 16 heavy (non-hydrogen) atoms. The topological polar surface area (TPSA) is 80.4 Å². The van der Waals surface area contributed by atoms with Crippen LogP contribution in [0.2, 0.25) is 0 Å². The number of carboxylic acid groups (broad SMARTS) is 1. The highest BCUT2D eigenvalue weighted by atomic mass is 79.9. The molecule has 6 heteroatoms. The maximum Gasteiger partial charge on any atom is 0.319 e.